The average molecular weight is 276 g/mol. The highest BCUT2D eigenvalue weighted by molar-refractivity contribution is 6.42. The van der Waals surface area contributed by atoms with E-state index in [1.165, 1.54) is 0 Å². The minimum absolute atomic E-state index is 0.0234. The van der Waals surface area contributed by atoms with Crippen molar-refractivity contribution < 1.29 is 9.90 Å². The smallest absolute Gasteiger partial charge is 0.320 e. The first-order chi connectivity index (χ1) is 7.91. The molecule has 0 saturated heterocycles. The van der Waals surface area contributed by atoms with Gasteiger partial charge in [-0.05, 0) is 23.6 Å². The molecule has 0 unspecified atom stereocenters. The van der Waals surface area contributed by atoms with Crippen LogP contribution in [0.3, 0.4) is 0 Å². The van der Waals surface area contributed by atoms with Crippen molar-refractivity contribution in [1.29, 1.82) is 0 Å². The van der Waals surface area contributed by atoms with E-state index in [1.807, 2.05) is 19.9 Å². The quantitative estimate of drug-likeness (QED) is 0.868. The van der Waals surface area contributed by atoms with Gasteiger partial charge in [0.1, 0.15) is 6.04 Å². The van der Waals surface area contributed by atoms with Gasteiger partial charge < -0.3 is 10.4 Å². The number of carbonyl (C=O) groups is 1. The first-order valence-corrected chi connectivity index (χ1v) is 6.07. The number of benzene rings is 1. The summed E-state index contributed by atoms with van der Waals surface area (Å²) < 4.78 is 0. The highest BCUT2D eigenvalue weighted by Crippen LogP contribution is 2.22. The van der Waals surface area contributed by atoms with Crippen LogP contribution < -0.4 is 5.32 Å². The zero-order valence-electron chi connectivity index (χ0n) is 9.71. The topological polar surface area (TPSA) is 49.3 Å². The van der Waals surface area contributed by atoms with Crippen molar-refractivity contribution in [2.75, 3.05) is 0 Å². The van der Waals surface area contributed by atoms with Crippen LogP contribution in [0.5, 0.6) is 0 Å². The van der Waals surface area contributed by atoms with E-state index in [4.69, 9.17) is 28.3 Å². The first-order valence-electron chi connectivity index (χ1n) is 5.32. The highest BCUT2D eigenvalue weighted by atomic mass is 35.5. The van der Waals surface area contributed by atoms with Crippen LogP contribution in [-0.2, 0) is 11.3 Å². The lowest BCUT2D eigenvalue weighted by Gasteiger charge is -2.18. The molecule has 0 bridgehead atoms. The molecule has 3 nitrogen and oxygen atoms in total. The molecule has 0 amide bonds. The summed E-state index contributed by atoms with van der Waals surface area (Å²) in [7, 11) is 0. The molecule has 94 valence electrons. The molecule has 1 aromatic carbocycles. The van der Waals surface area contributed by atoms with Crippen molar-refractivity contribution in [1.82, 2.24) is 5.32 Å². The summed E-state index contributed by atoms with van der Waals surface area (Å²) in [5.74, 6) is -0.824. The lowest BCUT2D eigenvalue weighted by Crippen LogP contribution is -2.40. The number of carboxylic acids is 1. The number of hydrogen-bond acceptors (Lipinski definition) is 2. The van der Waals surface area contributed by atoms with Crippen molar-refractivity contribution in [3.8, 4) is 0 Å². The zero-order valence-corrected chi connectivity index (χ0v) is 11.2. The minimum Gasteiger partial charge on any atom is -0.480 e. The lowest BCUT2D eigenvalue weighted by molar-refractivity contribution is -0.140. The molecule has 2 N–H and O–H groups in total. The van der Waals surface area contributed by atoms with E-state index < -0.39 is 12.0 Å². The number of halogens is 2. The largest absolute Gasteiger partial charge is 0.480 e. The van der Waals surface area contributed by atoms with E-state index >= 15 is 0 Å². The Kier molecular flexibility index (Phi) is 5.25. The molecule has 0 aliphatic carbocycles. The van der Waals surface area contributed by atoms with Crippen molar-refractivity contribution in [3.63, 3.8) is 0 Å². The maximum atomic E-state index is 11.0. The van der Waals surface area contributed by atoms with Gasteiger partial charge in [0.25, 0.3) is 0 Å². The Morgan fingerprint density at radius 1 is 1.35 bits per heavy atom. The maximum absolute atomic E-state index is 11.0. The van der Waals surface area contributed by atoms with Gasteiger partial charge in [0.05, 0.1) is 10.0 Å². The molecule has 0 fully saturated rings. The van der Waals surface area contributed by atoms with Crippen molar-refractivity contribution in [2.24, 2.45) is 5.92 Å². The summed E-state index contributed by atoms with van der Waals surface area (Å²) in [5, 5.41) is 13.0. The van der Waals surface area contributed by atoms with Gasteiger partial charge in [-0.25, -0.2) is 0 Å². The van der Waals surface area contributed by atoms with E-state index in [-0.39, 0.29) is 5.92 Å². The van der Waals surface area contributed by atoms with Gasteiger partial charge in [-0.3, -0.25) is 4.79 Å². The van der Waals surface area contributed by atoms with Crippen molar-refractivity contribution >= 4 is 29.2 Å². The predicted molar refractivity (Wildman–Crippen MR) is 69.6 cm³/mol. The summed E-state index contributed by atoms with van der Waals surface area (Å²) in [6.07, 6.45) is 0. The van der Waals surface area contributed by atoms with Gasteiger partial charge in [-0.15, -0.1) is 0 Å². The third-order valence-electron chi connectivity index (χ3n) is 2.44. The van der Waals surface area contributed by atoms with Crippen LogP contribution in [0.4, 0.5) is 0 Å². The van der Waals surface area contributed by atoms with Gasteiger partial charge in [0, 0.05) is 6.54 Å². The molecule has 0 heterocycles. The van der Waals surface area contributed by atoms with Crippen LogP contribution in [0.1, 0.15) is 19.4 Å². The van der Waals surface area contributed by atoms with Gasteiger partial charge in [0.2, 0.25) is 0 Å². The highest BCUT2D eigenvalue weighted by Gasteiger charge is 2.20. The standard InChI is InChI=1S/C12H15Cl2NO2/c1-7(2)11(12(16)17)15-6-8-3-4-9(13)10(14)5-8/h3-5,7,11,15H,6H2,1-2H3,(H,16,17)/t11-/m0/s1. The number of aliphatic carboxylic acids is 1. The van der Waals surface area contributed by atoms with Gasteiger partial charge in [0.15, 0.2) is 0 Å². The molecule has 0 aromatic heterocycles. The molecule has 0 aliphatic heterocycles. The van der Waals surface area contributed by atoms with Gasteiger partial charge >= 0.3 is 5.97 Å². The van der Waals surface area contributed by atoms with Crippen LogP contribution in [0.15, 0.2) is 18.2 Å². The van der Waals surface area contributed by atoms with Crippen LogP contribution >= 0.6 is 23.2 Å². The third kappa shape index (κ3) is 4.19. The molecule has 5 heteroatoms. The SMILES string of the molecule is CC(C)[C@H](NCc1ccc(Cl)c(Cl)c1)C(=O)O. The molecule has 0 spiro atoms. The first kappa shape index (κ1) is 14.3. The number of nitrogens with one attached hydrogen (secondary N) is 1. The molecule has 1 atom stereocenters. The van der Waals surface area contributed by atoms with Crippen LogP contribution in [0.25, 0.3) is 0 Å². The van der Waals surface area contributed by atoms with E-state index in [2.05, 4.69) is 5.32 Å². The van der Waals surface area contributed by atoms with E-state index in [1.54, 1.807) is 12.1 Å². The Labute approximate surface area is 111 Å². The average Bonchev–Trinajstić information content (AvgIpc) is 2.22. The normalized spacial score (nSPS) is 12.8. The van der Waals surface area contributed by atoms with Gasteiger partial charge in [-0.1, -0.05) is 43.1 Å². The molecule has 1 aromatic rings. The molecular formula is C12H15Cl2NO2. The predicted octanol–water partition coefficient (Wildman–Crippen LogP) is 3.19. The minimum atomic E-state index is -0.847. The summed E-state index contributed by atoms with van der Waals surface area (Å²) in [5.41, 5.74) is 0.909. The molecule has 17 heavy (non-hydrogen) atoms. The lowest BCUT2D eigenvalue weighted by atomic mass is 10.0. The fourth-order valence-corrected chi connectivity index (χ4v) is 1.81. The molecule has 0 saturated carbocycles. The number of carboxylic acid groups (broad SMARTS) is 1. The third-order valence-corrected chi connectivity index (χ3v) is 3.18. The Balaban J connectivity index is 2.65. The Bertz CT molecular complexity index is 407. The van der Waals surface area contributed by atoms with Crippen LogP contribution in [-0.4, -0.2) is 17.1 Å². The Morgan fingerprint density at radius 3 is 2.47 bits per heavy atom. The van der Waals surface area contributed by atoms with Crippen molar-refractivity contribution in [3.05, 3.63) is 33.8 Å². The van der Waals surface area contributed by atoms with E-state index in [0.29, 0.717) is 16.6 Å². The molecule has 0 radical (unpaired) electrons. The second-order valence-corrected chi connectivity index (χ2v) is 5.00. The monoisotopic (exact) mass is 275 g/mol. The Hall–Kier alpha value is -0.770. The van der Waals surface area contributed by atoms with Gasteiger partial charge in [-0.2, -0.15) is 0 Å². The number of hydrogen-bond donors (Lipinski definition) is 2. The van der Waals surface area contributed by atoms with E-state index in [9.17, 15) is 4.79 Å². The summed E-state index contributed by atoms with van der Waals surface area (Å²) in [6, 6.07) is 4.69. The number of rotatable bonds is 5. The molecule has 0 aliphatic rings. The fourth-order valence-electron chi connectivity index (χ4n) is 1.49. The fraction of sp³-hybridized carbons (Fsp3) is 0.417. The zero-order chi connectivity index (χ0) is 13.0. The summed E-state index contributed by atoms with van der Waals surface area (Å²) in [4.78, 5) is 11.0. The second kappa shape index (κ2) is 6.24. The van der Waals surface area contributed by atoms with Crippen molar-refractivity contribution in [2.45, 2.75) is 26.4 Å². The van der Waals surface area contributed by atoms with E-state index in [0.717, 1.165) is 5.56 Å². The molecule has 1 rings (SSSR count). The Morgan fingerprint density at radius 2 is 2.00 bits per heavy atom. The van der Waals surface area contributed by atoms with Crippen LogP contribution in [0, 0.1) is 5.92 Å². The maximum Gasteiger partial charge on any atom is 0.320 e. The second-order valence-electron chi connectivity index (χ2n) is 4.19. The molecular weight excluding hydrogens is 261 g/mol. The summed E-state index contributed by atoms with van der Waals surface area (Å²) in [6.45, 7) is 4.17. The summed E-state index contributed by atoms with van der Waals surface area (Å²) >= 11 is 11.7. The van der Waals surface area contributed by atoms with Crippen LogP contribution in [0.2, 0.25) is 10.0 Å².